The second kappa shape index (κ2) is 7.69. The zero-order chi connectivity index (χ0) is 19.5. The molecule has 0 saturated carbocycles. The molecule has 142 valence electrons. The summed E-state index contributed by atoms with van der Waals surface area (Å²) in [5.74, 6) is 0.366. The minimum atomic E-state index is -0.615. The molecule has 4 rings (SSSR count). The van der Waals surface area contributed by atoms with Crippen LogP contribution in [-0.4, -0.2) is 42.7 Å². The third-order valence-corrected chi connectivity index (χ3v) is 5.11. The van der Waals surface area contributed by atoms with E-state index in [2.05, 4.69) is 30.6 Å². The number of hydrogen-bond donors (Lipinski definition) is 2. The van der Waals surface area contributed by atoms with E-state index in [1.165, 1.54) is 16.2 Å². The van der Waals surface area contributed by atoms with Gasteiger partial charge in [0.05, 0.1) is 6.54 Å². The van der Waals surface area contributed by atoms with Crippen molar-refractivity contribution in [2.45, 2.75) is 26.1 Å². The lowest BCUT2D eigenvalue weighted by molar-refractivity contribution is -0.125. The Morgan fingerprint density at radius 1 is 1.25 bits per heavy atom. The fraction of sp³-hybridized carbons (Fsp3) is 0.222. The van der Waals surface area contributed by atoms with Crippen LogP contribution in [0, 0.1) is 0 Å². The number of pyridine rings is 1. The number of fused-ring (bicyclic) bond motifs is 1. The van der Waals surface area contributed by atoms with Gasteiger partial charge in [-0.05, 0) is 19.1 Å². The second-order valence-corrected chi connectivity index (χ2v) is 7.13. The maximum Gasteiger partial charge on any atom is 0.273 e. The Kier molecular flexibility index (Phi) is 4.94. The average Bonchev–Trinajstić information content (AvgIpc) is 3.35. The van der Waals surface area contributed by atoms with Gasteiger partial charge < -0.3 is 15.5 Å². The summed E-state index contributed by atoms with van der Waals surface area (Å²) < 4.78 is 0. The Balaban J connectivity index is 1.43. The molecule has 4 heterocycles. The minimum Gasteiger partial charge on any atom is -0.348 e. The van der Waals surface area contributed by atoms with E-state index >= 15 is 0 Å². The van der Waals surface area contributed by atoms with Crippen LogP contribution in [-0.2, 0) is 17.9 Å². The molecule has 2 N–H and O–H groups in total. The standard InChI is InChI=1S/C18H17N7O2S/c1-11(16(26)22-9-14-19-7-8-28-14)25-10-12-3-4-13(23-15(12)17(25)27)24-18-20-5-2-6-21-18/h2-8,11H,9-10H2,1H3,(H,22,26)(H,20,21,23,24)/t11-/m1/s1. The third-order valence-electron chi connectivity index (χ3n) is 4.33. The third kappa shape index (κ3) is 3.67. The molecule has 3 aromatic heterocycles. The van der Waals surface area contributed by atoms with Gasteiger partial charge in [0.15, 0.2) is 0 Å². The number of aromatic nitrogens is 4. The zero-order valence-corrected chi connectivity index (χ0v) is 15.8. The van der Waals surface area contributed by atoms with E-state index in [9.17, 15) is 9.59 Å². The van der Waals surface area contributed by atoms with Gasteiger partial charge in [-0.25, -0.2) is 19.9 Å². The van der Waals surface area contributed by atoms with Crippen LogP contribution < -0.4 is 10.6 Å². The summed E-state index contributed by atoms with van der Waals surface area (Å²) in [6.45, 7) is 2.40. The lowest BCUT2D eigenvalue weighted by Gasteiger charge is -2.22. The van der Waals surface area contributed by atoms with E-state index in [0.717, 1.165) is 10.6 Å². The summed E-state index contributed by atoms with van der Waals surface area (Å²) in [6.07, 6.45) is 4.91. The van der Waals surface area contributed by atoms with E-state index in [0.29, 0.717) is 30.5 Å². The largest absolute Gasteiger partial charge is 0.348 e. The van der Waals surface area contributed by atoms with Crippen molar-refractivity contribution in [3.63, 3.8) is 0 Å². The van der Waals surface area contributed by atoms with Gasteiger partial charge in [0.25, 0.3) is 5.91 Å². The van der Waals surface area contributed by atoms with Crippen LogP contribution in [0.25, 0.3) is 0 Å². The van der Waals surface area contributed by atoms with Crippen LogP contribution in [0.2, 0.25) is 0 Å². The maximum absolute atomic E-state index is 12.8. The highest BCUT2D eigenvalue weighted by Crippen LogP contribution is 2.25. The molecule has 0 bridgehead atoms. The molecule has 0 unspecified atom stereocenters. The van der Waals surface area contributed by atoms with Crippen LogP contribution in [0.5, 0.6) is 0 Å². The summed E-state index contributed by atoms with van der Waals surface area (Å²) in [4.78, 5) is 43.4. The second-order valence-electron chi connectivity index (χ2n) is 6.15. The molecule has 0 saturated heterocycles. The number of anilines is 2. The van der Waals surface area contributed by atoms with Crippen LogP contribution in [0.3, 0.4) is 0 Å². The monoisotopic (exact) mass is 395 g/mol. The van der Waals surface area contributed by atoms with Crippen molar-refractivity contribution in [2.24, 2.45) is 0 Å². The van der Waals surface area contributed by atoms with Gasteiger partial charge in [-0.3, -0.25) is 9.59 Å². The Morgan fingerprint density at radius 2 is 2.07 bits per heavy atom. The van der Waals surface area contributed by atoms with Crippen molar-refractivity contribution in [3.8, 4) is 0 Å². The molecule has 0 radical (unpaired) electrons. The first-order chi connectivity index (χ1) is 13.6. The van der Waals surface area contributed by atoms with Gasteiger partial charge >= 0.3 is 0 Å². The summed E-state index contributed by atoms with van der Waals surface area (Å²) in [6, 6.07) is 4.68. The Hall–Kier alpha value is -3.40. The van der Waals surface area contributed by atoms with Gasteiger partial charge in [-0.1, -0.05) is 6.07 Å². The van der Waals surface area contributed by atoms with E-state index in [4.69, 9.17) is 0 Å². The number of rotatable bonds is 6. The van der Waals surface area contributed by atoms with Gasteiger partial charge in [-0.2, -0.15) is 0 Å². The van der Waals surface area contributed by atoms with Crippen molar-refractivity contribution in [1.82, 2.24) is 30.2 Å². The normalized spacial score (nSPS) is 13.9. The average molecular weight is 395 g/mol. The SMILES string of the molecule is C[C@H](C(=O)NCc1nccs1)N1Cc2ccc(Nc3ncccn3)nc2C1=O. The fourth-order valence-corrected chi connectivity index (χ4v) is 3.40. The van der Waals surface area contributed by atoms with Gasteiger partial charge in [-0.15, -0.1) is 11.3 Å². The van der Waals surface area contributed by atoms with Crippen LogP contribution in [0.15, 0.2) is 42.2 Å². The molecular weight excluding hydrogens is 378 g/mol. The van der Waals surface area contributed by atoms with E-state index in [1.54, 1.807) is 37.6 Å². The molecular formula is C18H17N7O2S. The first-order valence-electron chi connectivity index (χ1n) is 8.63. The number of thiazole rings is 1. The smallest absolute Gasteiger partial charge is 0.273 e. The predicted molar refractivity (Wildman–Crippen MR) is 103 cm³/mol. The summed E-state index contributed by atoms with van der Waals surface area (Å²) in [5.41, 5.74) is 1.12. The number of amides is 2. The molecule has 1 aliphatic rings. The maximum atomic E-state index is 12.8. The number of carbonyl (C=O) groups is 2. The quantitative estimate of drug-likeness (QED) is 0.653. The van der Waals surface area contributed by atoms with E-state index < -0.39 is 6.04 Å². The molecule has 1 aliphatic heterocycles. The van der Waals surface area contributed by atoms with Gasteiger partial charge in [0.2, 0.25) is 11.9 Å². The van der Waals surface area contributed by atoms with Crippen molar-refractivity contribution >= 4 is 34.9 Å². The van der Waals surface area contributed by atoms with Crippen LogP contribution in [0.1, 0.15) is 28.0 Å². The molecule has 10 heteroatoms. The Labute approximate surface area is 164 Å². The summed E-state index contributed by atoms with van der Waals surface area (Å²) in [7, 11) is 0. The van der Waals surface area contributed by atoms with Gasteiger partial charge in [0.1, 0.15) is 22.6 Å². The number of nitrogens with one attached hydrogen (secondary N) is 2. The van der Waals surface area contributed by atoms with Crippen LogP contribution in [0.4, 0.5) is 11.8 Å². The van der Waals surface area contributed by atoms with Crippen molar-refractivity contribution in [2.75, 3.05) is 5.32 Å². The summed E-state index contributed by atoms with van der Waals surface area (Å²) in [5, 5.41) is 8.45. The molecule has 1 atom stereocenters. The highest BCUT2D eigenvalue weighted by Gasteiger charge is 2.35. The Bertz CT molecular complexity index is 994. The lowest BCUT2D eigenvalue weighted by Crippen LogP contribution is -2.45. The first kappa shape index (κ1) is 18.0. The zero-order valence-electron chi connectivity index (χ0n) is 15.0. The van der Waals surface area contributed by atoms with Crippen molar-refractivity contribution < 1.29 is 9.59 Å². The molecule has 2 amide bonds. The highest BCUT2D eigenvalue weighted by atomic mass is 32.1. The molecule has 3 aromatic rings. The van der Waals surface area contributed by atoms with E-state index in [-0.39, 0.29) is 11.8 Å². The fourth-order valence-electron chi connectivity index (χ4n) is 2.84. The Morgan fingerprint density at radius 3 is 2.82 bits per heavy atom. The van der Waals surface area contributed by atoms with E-state index in [1.807, 2.05) is 11.4 Å². The molecule has 0 aromatic carbocycles. The molecule has 9 nitrogen and oxygen atoms in total. The van der Waals surface area contributed by atoms with Crippen molar-refractivity contribution in [1.29, 1.82) is 0 Å². The number of carbonyl (C=O) groups excluding carboxylic acids is 2. The highest BCUT2D eigenvalue weighted by molar-refractivity contribution is 7.09. The number of hydrogen-bond acceptors (Lipinski definition) is 8. The molecule has 0 fully saturated rings. The predicted octanol–water partition coefficient (Wildman–Crippen LogP) is 1.73. The van der Waals surface area contributed by atoms with Gasteiger partial charge in [0, 0.05) is 36.1 Å². The minimum absolute atomic E-state index is 0.229. The first-order valence-corrected chi connectivity index (χ1v) is 9.51. The molecule has 0 aliphatic carbocycles. The molecule has 28 heavy (non-hydrogen) atoms. The van der Waals surface area contributed by atoms with Crippen molar-refractivity contribution in [3.05, 3.63) is 58.4 Å². The topological polar surface area (TPSA) is 113 Å². The number of nitrogens with zero attached hydrogens (tertiary/aromatic N) is 5. The lowest BCUT2D eigenvalue weighted by atomic mass is 10.2. The summed E-state index contributed by atoms with van der Waals surface area (Å²) >= 11 is 1.47. The van der Waals surface area contributed by atoms with Crippen LogP contribution >= 0.6 is 11.3 Å². The molecule has 0 spiro atoms.